The van der Waals surface area contributed by atoms with Gasteiger partial charge in [0.25, 0.3) is 6.02 Å². The Hall–Kier alpha value is -2.82. The van der Waals surface area contributed by atoms with Crippen molar-refractivity contribution in [1.29, 1.82) is 0 Å². The summed E-state index contributed by atoms with van der Waals surface area (Å²) in [7, 11) is 0. The Morgan fingerprint density at radius 1 is 1.36 bits per heavy atom. The number of aliphatic imine (C=N–C) groups is 1. The van der Waals surface area contributed by atoms with E-state index in [1.807, 2.05) is 0 Å². The fourth-order valence-electron chi connectivity index (χ4n) is 2.25. The van der Waals surface area contributed by atoms with E-state index in [0.717, 1.165) is 0 Å². The Labute approximate surface area is 139 Å². The van der Waals surface area contributed by atoms with Gasteiger partial charge in [-0.25, -0.2) is 4.99 Å². The molecule has 0 spiro atoms. The molecule has 11 heteroatoms. The molecule has 1 unspecified atom stereocenters. The summed E-state index contributed by atoms with van der Waals surface area (Å²) in [5.74, 6) is -0.319. The molecule has 0 radical (unpaired) electrons. The summed E-state index contributed by atoms with van der Waals surface area (Å²) < 4.78 is 50.8. The summed E-state index contributed by atoms with van der Waals surface area (Å²) in [5, 5.41) is 10.7. The maximum Gasteiger partial charge on any atom is 0.573 e. The van der Waals surface area contributed by atoms with E-state index < -0.39 is 23.7 Å². The van der Waals surface area contributed by atoms with Gasteiger partial charge in [-0.1, -0.05) is 12.1 Å². The highest BCUT2D eigenvalue weighted by atomic mass is 19.4. The Bertz CT molecular complexity index is 705. The zero-order valence-electron chi connectivity index (χ0n) is 12.5. The van der Waals surface area contributed by atoms with Crippen LogP contribution in [0.1, 0.15) is 5.56 Å². The molecule has 1 aromatic carbocycles. The Morgan fingerprint density at radius 2 is 2.08 bits per heavy atom. The molecule has 0 fully saturated rings. The third kappa shape index (κ3) is 4.18. The van der Waals surface area contributed by atoms with Crippen LogP contribution in [0.4, 0.5) is 13.2 Å². The van der Waals surface area contributed by atoms with E-state index in [9.17, 15) is 23.3 Å². The molecule has 0 saturated heterocycles. The first-order valence-corrected chi connectivity index (χ1v) is 7.09. The predicted octanol–water partition coefficient (Wildman–Crippen LogP) is 2.25. The van der Waals surface area contributed by atoms with Crippen LogP contribution in [0, 0.1) is 10.1 Å². The lowest BCUT2D eigenvalue weighted by atomic mass is 10.2. The monoisotopic (exact) mass is 359 g/mol. The third-order valence-electron chi connectivity index (χ3n) is 3.36. The van der Waals surface area contributed by atoms with Gasteiger partial charge in [0.2, 0.25) is 0 Å². The van der Waals surface area contributed by atoms with Crippen LogP contribution >= 0.6 is 0 Å². The SMILES string of the molecule is O=[N+]([O-])C1C=CN2C(=NC[C@@H]2OCc2ccc(OC(F)(F)F)cc2)O1. The van der Waals surface area contributed by atoms with Crippen molar-refractivity contribution in [1.82, 2.24) is 4.90 Å². The van der Waals surface area contributed by atoms with Gasteiger partial charge in [0.05, 0.1) is 18.1 Å². The van der Waals surface area contributed by atoms with E-state index in [1.165, 1.54) is 41.4 Å². The molecule has 0 aliphatic carbocycles. The number of hydrogen-bond donors (Lipinski definition) is 0. The molecule has 2 atom stereocenters. The second-order valence-electron chi connectivity index (χ2n) is 5.12. The number of amidine groups is 1. The lowest BCUT2D eigenvalue weighted by Crippen LogP contribution is -2.41. The van der Waals surface area contributed by atoms with Crippen molar-refractivity contribution < 1.29 is 32.3 Å². The largest absolute Gasteiger partial charge is 0.573 e. The van der Waals surface area contributed by atoms with Gasteiger partial charge in [0, 0.05) is 12.3 Å². The summed E-state index contributed by atoms with van der Waals surface area (Å²) >= 11 is 0. The fraction of sp³-hybridized carbons (Fsp3) is 0.357. The van der Waals surface area contributed by atoms with Gasteiger partial charge in [-0.15, -0.1) is 13.2 Å². The number of hydrogen-bond acceptors (Lipinski definition) is 7. The number of nitro groups is 1. The van der Waals surface area contributed by atoms with E-state index in [0.29, 0.717) is 5.56 Å². The first kappa shape index (κ1) is 17.0. The van der Waals surface area contributed by atoms with Gasteiger partial charge in [-0.3, -0.25) is 15.0 Å². The van der Waals surface area contributed by atoms with Crippen molar-refractivity contribution in [3.05, 3.63) is 52.2 Å². The summed E-state index contributed by atoms with van der Waals surface area (Å²) in [6, 6.07) is 5.37. The smallest absolute Gasteiger partial charge is 0.406 e. The molecule has 0 N–H and O–H groups in total. The molecular formula is C14H12F3N3O5. The van der Waals surface area contributed by atoms with Gasteiger partial charge >= 0.3 is 12.6 Å². The number of rotatable bonds is 5. The number of halogens is 3. The fourth-order valence-corrected chi connectivity index (χ4v) is 2.25. The summed E-state index contributed by atoms with van der Waals surface area (Å²) in [6.07, 6.45) is -3.80. The number of alkyl halides is 3. The summed E-state index contributed by atoms with van der Waals surface area (Å²) in [4.78, 5) is 15.7. The summed E-state index contributed by atoms with van der Waals surface area (Å²) in [6.45, 7) is 0.335. The number of ether oxygens (including phenoxy) is 3. The molecule has 2 aliphatic rings. The zero-order valence-corrected chi connectivity index (χ0v) is 12.5. The highest BCUT2D eigenvalue weighted by molar-refractivity contribution is 5.78. The van der Waals surface area contributed by atoms with Gasteiger partial charge in [-0.2, -0.15) is 0 Å². The molecule has 25 heavy (non-hydrogen) atoms. The minimum absolute atomic E-state index is 0.100. The highest BCUT2D eigenvalue weighted by Gasteiger charge is 2.36. The van der Waals surface area contributed by atoms with E-state index in [1.54, 1.807) is 0 Å². The van der Waals surface area contributed by atoms with Crippen LogP contribution < -0.4 is 4.74 Å². The van der Waals surface area contributed by atoms with Crippen LogP contribution in [0.15, 0.2) is 41.5 Å². The third-order valence-corrected chi connectivity index (χ3v) is 3.36. The Balaban J connectivity index is 1.55. The average molecular weight is 359 g/mol. The molecule has 134 valence electrons. The van der Waals surface area contributed by atoms with Crippen LogP contribution in [0.5, 0.6) is 5.75 Å². The number of fused-ring (bicyclic) bond motifs is 1. The van der Waals surface area contributed by atoms with E-state index in [-0.39, 0.29) is 24.9 Å². The average Bonchev–Trinajstić information content (AvgIpc) is 2.95. The topological polar surface area (TPSA) is 86.4 Å². The van der Waals surface area contributed by atoms with Gasteiger partial charge in [-0.05, 0) is 17.7 Å². The normalized spacial score (nSPS) is 22.2. The quantitative estimate of drug-likeness (QED) is 0.592. The molecule has 0 aromatic heterocycles. The Morgan fingerprint density at radius 3 is 2.72 bits per heavy atom. The molecule has 0 amide bonds. The van der Waals surface area contributed by atoms with Gasteiger partial charge in [0.15, 0.2) is 6.23 Å². The van der Waals surface area contributed by atoms with Crippen molar-refractivity contribution in [2.45, 2.75) is 25.4 Å². The van der Waals surface area contributed by atoms with Crippen molar-refractivity contribution >= 4 is 6.02 Å². The van der Waals surface area contributed by atoms with Crippen LogP contribution in [0.2, 0.25) is 0 Å². The van der Waals surface area contributed by atoms with Crippen LogP contribution in [-0.2, 0) is 16.1 Å². The Kier molecular flexibility index (Phi) is 4.49. The van der Waals surface area contributed by atoms with Crippen molar-refractivity contribution in [3.63, 3.8) is 0 Å². The molecular weight excluding hydrogens is 347 g/mol. The minimum atomic E-state index is -4.74. The van der Waals surface area contributed by atoms with Gasteiger partial charge in [0.1, 0.15) is 5.75 Å². The van der Waals surface area contributed by atoms with Crippen LogP contribution in [0.25, 0.3) is 0 Å². The molecule has 0 bridgehead atoms. The standard InChI is InChI=1S/C14H12F3N3O5/c15-14(16,17)25-10-3-1-9(2-4-10)8-23-12-7-18-13-19(12)6-5-11(24-13)20(21)22/h1-6,11-12H,7-8H2/t11?,12-/m0/s1. The van der Waals surface area contributed by atoms with Crippen molar-refractivity contribution in [2.75, 3.05) is 6.54 Å². The molecule has 3 rings (SSSR count). The molecule has 2 heterocycles. The van der Waals surface area contributed by atoms with Crippen molar-refractivity contribution in [3.8, 4) is 5.75 Å². The summed E-state index contributed by atoms with van der Waals surface area (Å²) in [5.41, 5.74) is 0.632. The molecule has 8 nitrogen and oxygen atoms in total. The van der Waals surface area contributed by atoms with Gasteiger partial charge < -0.3 is 14.2 Å². The number of nitrogens with zero attached hydrogens (tertiary/aromatic N) is 3. The van der Waals surface area contributed by atoms with Crippen molar-refractivity contribution in [2.24, 2.45) is 4.99 Å². The van der Waals surface area contributed by atoms with Crippen LogP contribution in [-0.4, -0.2) is 41.2 Å². The minimum Gasteiger partial charge on any atom is -0.406 e. The lowest BCUT2D eigenvalue weighted by Gasteiger charge is -2.26. The second kappa shape index (κ2) is 6.59. The van der Waals surface area contributed by atoms with E-state index in [4.69, 9.17) is 9.47 Å². The maximum absolute atomic E-state index is 12.1. The van der Waals surface area contributed by atoms with E-state index in [2.05, 4.69) is 9.73 Å². The number of benzene rings is 1. The highest BCUT2D eigenvalue weighted by Crippen LogP contribution is 2.24. The molecule has 1 aromatic rings. The first-order chi connectivity index (χ1) is 11.8. The molecule has 0 saturated carbocycles. The second-order valence-corrected chi connectivity index (χ2v) is 5.12. The molecule has 2 aliphatic heterocycles. The lowest BCUT2D eigenvalue weighted by molar-refractivity contribution is -0.552. The zero-order chi connectivity index (χ0) is 18.0. The maximum atomic E-state index is 12.1. The van der Waals surface area contributed by atoms with E-state index >= 15 is 0 Å². The predicted molar refractivity (Wildman–Crippen MR) is 76.9 cm³/mol. The first-order valence-electron chi connectivity index (χ1n) is 7.09. The van der Waals surface area contributed by atoms with Crippen LogP contribution in [0.3, 0.4) is 0 Å².